The summed E-state index contributed by atoms with van der Waals surface area (Å²) in [4.78, 5) is 65.5. The number of nitrogens with one attached hydrogen (secondary N) is 3. The number of halogens is 7. The van der Waals surface area contributed by atoms with Crippen LogP contribution in [-0.4, -0.2) is 53.9 Å². The number of hydrogen-bond donors (Lipinski definition) is 7. The second kappa shape index (κ2) is 24.3. The third-order valence-electron chi connectivity index (χ3n) is 10.0. The Balaban J connectivity index is 0.000000231. The Hall–Kier alpha value is -8.77. The van der Waals surface area contributed by atoms with Crippen LogP contribution < -0.4 is 44.4 Å². The summed E-state index contributed by atoms with van der Waals surface area (Å²) in [5, 5.41) is 26.7. The summed E-state index contributed by atoms with van der Waals surface area (Å²) in [5.41, 5.74) is 21.1. The van der Waals surface area contributed by atoms with Gasteiger partial charge in [0.2, 0.25) is 11.9 Å². The zero-order valence-corrected chi connectivity index (χ0v) is 42.3. The van der Waals surface area contributed by atoms with Crippen molar-refractivity contribution in [1.29, 1.82) is 10.5 Å². The third-order valence-corrected chi connectivity index (χ3v) is 10.9. The smallest absolute Gasteiger partial charge is 0.408 e. The van der Waals surface area contributed by atoms with E-state index in [1.165, 1.54) is 19.1 Å². The molecule has 0 saturated heterocycles. The molecule has 3 aromatic heterocycles. The van der Waals surface area contributed by atoms with Crippen LogP contribution in [-0.2, 0) is 16.0 Å². The number of amides is 2. The van der Waals surface area contributed by atoms with Gasteiger partial charge in [-0.25, -0.2) is 22.4 Å². The summed E-state index contributed by atoms with van der Waals surface area (Å²) in [7, 11) is 0. The predicted molar refractivity (Wildman–Crippen MR) is 276 cm³/mol. The van der Waals surface area contributed by atoms with Gasteiger partial charge in [0.1, 0.15) is 63.8 Å². The minimum Gasteiger partial charge on any atom is -0.444 e. The van der Waals surface area contributed by atoms with Gasteiger partial charge in [-0.1, -0.05) is 59.1 Å². The van der Waals surface area contributed by atoms with Crippen molar-refractivity contribution in [3.8, 4) is 17.8 Å². The van der Waals surface area contributed by atoms with Crippen LogP contribution in [0.5, 0.6) is 0 Å². The van der Waals surface area contributed by atoms with Crippen LogP contribution in [0.1, 0.15) is 73.4 Å². The Kier molecular flexibility index (Phi) is 18.5. The molecule has 7 rings (SSSR count). The van der Waals surface area contributed by atoms with E-state index in [-0.39, 0.29) is 90.2 Å². The molecule has 0 spiro atoms. The average Bonchev–Trinajstić information content (AvgIpc) is 3.27. The Morgan fingerprint density at radius 1 is 0.760 bits per heavy atom. The minimum atomic E-state index is -0.887. The molecule has 0 radical (unpaired) electrons. The van der Waals surface area contributed by atoms with Gasteiger partial charge in [-0.3, -0.25) is 19.0 Å². The molecule has 0 fully saturated rings. The molecule has 26 heteroatoms. The van der Waals surface area contributed by atoms with Crippen LogP contribution in [0.15, 0.2) is 83.7 Å². The van der Waals surface area contributed by atoms with Crippen molar-refractivity contribution in [3.63, 3.8) is 0 Å². The van der Waals surface area contributed by atoms with E-state index in [0.717, 1.165) is 28.8 Å². The lowest BCUT2D eigenvalue weighted by atomic mass is 9.99. The molecule has 0 saturated carbocycles. The van der Waals surface area contributed by atoms with Crippen LogP contribution in [0.25, 0.3) is 16.5 Å². The number of pyridine rings is 1. The maximum absolute atomic E-state index is 14.0. The number of Topliss-reactive ketones (excluding diaryl/α,β-unsaturated/α-hetero) is 1. The number of ether oxygens (including phenoxy) is 1. The first-order valence-corrected chi connectivity index (χ1v) is 22.8. The average molecular weight is 1090 g/mol. The molecule has 0 aliphatic carbocycles. The molecule has 0 unspecified atom stereocenters. The van der Waals surface area contributed by atoms with E-state index in [0.29, 0.717) is 28.8 Å². The topological polar surface area (TPSA) is 322 Å². The summed E-state index contributed by atoms with van der Waals surface area (Å²) in [5.74, 6) is -4.80. The molecule has 0 aliphatic rings. The van der Waals surface area contributed by atoms with Crippen LogP contribution >= 0.6 is 34.8 Å². The third kappa shape index (κ3) is 14.9. The number of nitrogens with zero attached hydrogens (tertiary/aromatic N) is 7. The zero-order valence-electron chi connectivity index (χ0n) is 40.0. The highest BCUT2D eigenvalue weighted by Crippen LogP contribution is 2.30. The van der Waals surface area contributed by atoms with Gasteiger partial charge >= 0.3 is 6.09 Å². The monoisotopic (exact) mass is 1090 g/mol. The van der Waals surface area contributed by atoms with Crippen molar-refractivity contribution in [3.05, 3.63) is 156 Å². The molecule has 3 heterocycles. The Labute approximate surface area is 439 Å². The summed E-state index contributed by atoms with van der Waals surface area (Å²) in [6.07, 6.45) is -0.955. The van der Waals surface area contributed by atoms with Crippen molar-refractivity contribution >= 4 is 98.4 Å². The lowest BCUT2D eigenvalue weighted by Gasteiger charge is -2.22. The van der Waals surface area contributed by atoms with Crippen molar-refractivity contribution in [2.45, 2.75) is 58.7 Å². The van der Waals surface area contributed by atoms with Crippen LogP contribution in [0.2, 0.25) is 15.2 Å². The second-order valence-electron chi connectivity index (χ2n) is 16.9. The number of ketones is 1. The predicted octanol–water partition coefficient (Wildman–Crippen LogP) is 8.98. The number of nitrogen functional groups attached to an aromatic ring is 4. The molecule has 11 N–H and O–H groups in total. The molecule has 4 aromatic carbocycles. The number of fused-ring (bicyclic) bond motifs is 1. The largest absolute Gasteiger partial charge is 0.444 e. The molecule has 0 bridgehead atoms. The van der Waals surface area contributed by atoms with Crippen molar-refractivity contribution in [2.24, 2.45) is 0 Å². The number of aromatic nitrogens is 5. The summed E-state index contributed by atoms with van der Waals surface area (Å²) in [6, 6.07) is 18.6. The molecular formula is C49H43Cl3F4N14O5. The van der Waals surface area contributed by atoms with E-state index in [4.69, 9.17) is 67.7 Å². The molecule has 2 atom stereocenters. The molecule has 7 aromatic rings. The van der Waals surface area contributed by atoms with Gasteiger partial charge in [-0.15, -0.1) is 0 Å². The highest BCUT2D eigenvalue weighted by Gasteiger charge is 2.25. The number of carbonyl (C=O) groups excluding carboxylic acids is 3. The van der Waals surface area contributed by atoms with Gasteiger partial charge in [0.05, 0.1) is 38.8 Å². The minimum absolute atomic E-state index is 0.00463. The number of hydrogen-bond acceptors (Lipinski definition) is 16. The van der Waals surface area contributed by atoms with E-state index in [1.54, 1.807) is 64.1 Å². The number of anilines is 6. The number of benzene rings is 4. The maximum Gasteiger partial charge on any atom is 0.408 e. The first-order chi connectivity index (χ1) is 35.2. The fourth-order valence-corrected chi connectivity index (χ4v) is 7.62. The normalized spacial score (nSPS) is 11.5. The number of carbonyl (C=O) groups is 3. The van der Waals surface area contributed by atoms with Crippen molar-refractivity contribution in [2.75, 3.05) is 33.6 Å². The fraction of sp³-hybridized carbons (Fsp3) is 0.184. The molecule has 388 valence electrons. The lowest BCUT2D eigenvalue weighted by molar-refractivity contribution is -0.120. The zero-order chi connectivity index (χ0) is 55.6. The Morgan fingerprint density at radius 2 is 1.31 bits per heavy atom. The van der Waals surface area contributed by atoms with Gasteiger partial charge in [-0.2, -0.15) is 30.5 Å². The maximum atomic E-state index is 14.0. The first kappa shape index (κ1) is 57.1. The van der Waals surface area contributed by atoms with E-state index in [2.05, 4.69) is 35.9 Å². The summed E-state index contributed by atoms with van der Waals surface area (Å²) >= 11 is 17.9. The number of rotatable bonds is 10. The van der Waals surface area contributed by atoms with E-state index in [9.17, 15) is 42.0 Å². The molecular weight excluding hydrogens is 1050 g/mol. The summed E-state index contributed by atoms with van der Waals surface area (Å²) in [6.45, 7) is 8.25. The van der Waals surface area contributed by atoms with Gasteiger partial charge in [-0.05, 0) is 88.0 Å². The van der Waals surface area contributed by atoms with Gasteiger partial charge < -0.3 is 43.6 Å². The molecule has 19 nitrogen and oxygen atoms in total. The molecule has 75 heavy (non-hydrogen) atoms. The highest BCUT2D eigenvalue weighted by molar-refractivity contribution is 6.35. The van der Waals surface area contributed by atoms with E-state index >= 15 is 0 Å². The van der Waals surface area contributed by atoms with Crippen LogP contribution in [0, 0.1) is 45.9 Å². The van der Waals surface area contributed by atoms with Crippen molar-refractivity contribution < 1.29 is 36.7 Å². The second-order valence-corrected chi connectivity index (χ2v) is 18.0. The SMILES string of the molecule is C[C@H](NC(=O)OC(C)(C)C)C(=O)Cc1cccc(Cl)c1C(=O)Nc1cc(F)cc(F)c1.C[C@H](Nc1nc(N)nc(N)c1C#N)c1cc2cccc(Cl)c2c(=O)n1-c1cc(F)cc(F)c1.N#Cc1c(N)nc(N)nc1Cl. The van der Waals surface area contributed by atoms with Gasteiger partial charge in [0, 0.05) is 29.9 Å². The number of nitriles is 2. The quantitative estimate of drug-likeness (QED) is 0.0496. The van der Waals surface area contributed by atoms with E-state index in [1.807, 2.05) is 6.07 Å². The standard InChI is InChI=1S/C22H16ClF2N7O.C22H23ClF2N2O4.C5H4ClN5/c1-10(29-20-15(9-26)19(27)30-22(28)31-20)17-5-11-3-2-4-16(23)18(11)21(33)32(17)14-7-12(24)6-13(25)8-14;1-12(26-21(30)31-22(2,3)4)18(28)8-13-6-5-7-17(23)19(13)20(29)27-16-10-14(24)9-15(25)11-16;6-3-2(1-7)4(8)11-5(9)10-3/h2-8,10H,1H3,(H5,27,28,29,30,31);5-7,9-12H,8H2,1-4H3,(H,26,30)(H,27,29);(H4,8,9,10,11)/t10-;12-;/m00./s1. The number of nitrogens with two attached hydrogens (primary N) is 4. The van der Waals surface area contributed by atoms with E-state index < -0.39 is 58.5 Å². The van der Waals surface area contributed by atoms with Gasteiger partial charge in [0.15, 0.2) is 16.8 Å². The Morgan fingerprint density at radius 3 is 1.88 bits per heavy atom. The Bertz CT molecular complexity index is 3450. The van der Waals surface area contributed by atoms with Crippen molar-refractivity contribution in [1.82, 2.24) is 29.8 Å². The molecule has 0 aliphatic heterocycles. The van der Waals surface area contributed by atoms with Gasteiger partial charge in [0.25, 0.3) is 11.5 Å². The fourth-order valence-electron chi connectivity index (χ4n) is 6.85. The highest BCUT2D eigenvalue weighted by atomic mass is 35.5. The summed E-state index contributed by atoms with van der Waals surface area (Å²) < 4.78 is 61.1. The van der Waals surface area contributed by atoms with Crippen LogP contribution in [0.3, 0.4) is 0 Å². The van der Waals surface area contributed by atoms with Crippen LogP contribution in [0.4, 0.5) is 57.4 Å². The first-order valence-electron chi connectivity index (χ1n) is 21.7. The lowest BCUT2D eigenvalue weighted by Crippen LogP contribution is -2.42. The number of alkyl carbamates (subject to hydrolysis) is 1. The molecule has 2 amide bonds.